The van der Waals surface area contributed by atoms with Gasteiger partial charge in [-0.25, -0.2) is 0 Å². The van der Waals surface area contributed by atoms with Crippen LogP contribution in [0, 0.1) is 0 Å². The minimum absolute atomic E-state index is 0.119. The molecule has 1 heterocycles. The number of piperidine rings is 1. The number of benzene rings is 1. The second-order valence-electron chi connectivity index (χ2n) is 4.42. The Morgan fingerprint density at radius 3 is 2.68 bits per heavy atom. The van der Waals surface area contributed by atoms with E-state index in [-0.39, 0.29) is 17.6 Å². The molecule has 3 nitrogen and oxygen atoms in total. The molecule has 1 atom stereocenters. The second kappa shape index (κ2) is 5.69. The third kappa shape index (κ3) is 3.32. The minimum atomic E-state index is -4.45. The summed E-state index contributed by atoms with van der Waals surface area (Å²) in [6, 6.07) is 3.82. The van der Waals surface area contributed by atoms with Crippen LogP contribution in [0.5, 0.6) is 11.5 Å². The van der Waals surface area contributed by atoms with Crippen molar-refractivity contribution in [1.29, 1.82) is 0 Å². The van der Waals surface area contributed by atoms with Crippen LogP contribution in [0.3, 0.4) is 0 Å². The third-order valence-electron chi connectivity index (χ3n) is 3.03. The molecule has 1 unspecified atom stereocenters. The van der Waals surface area contributed by atoms with Crippen LogP contribution in [0.15, 0.2) is 18.2 Å². The summed E-state index contributed by atoms with van der Waals surface area (Å²) in [5.41, 5.74) is -0.809. The lowest BCUT2D eigenvalue weighted by atomic mass is 10.1. The predicted octanol–water partition coefficient (Wildman–Crippen LogP) is 2.84. The topological polar surface area (TPSA) is 30.5 Å². The molecule has 0 amide bonds. The van der Waals surface area contributed by atoms with Gasteiger partial charge in [0.15, 0.2) is 11.5 Å². The van der Waals surface area contributed by atoms with Gasteiger partial charge < -0.3 is 14.8 Å². The Morgan fingerprint density at radius 1 is 1.32 bits per heavy atom. The zero-order chi connectivity index (χ0) is 13.9. The molecule has 1 aliphatic rings. The van der Waals surface area contributed by atoms with Crippen molar-refractivity contribution in [2.45, 2.75) is 25.1 Å². The van der Waals surface area contributed by atoms with Crippen molar-refractivity contribution in [3.8, 4) is 11.5 Å². The molecular weight excluding hydrogens is 259 g/mol. The van der Waals surface area contributed by atoms with Crippen molar-refractivity contribution in [3.63, 3.8) is 0 Å². The van der Waals surface area contributed by atoms with Gasteiger partial charge in [0.1, 0.15) is 11.7 Å². The van der Waals surface area contributed by atoms with Crippen molar-refractivity contribution in [1.82, 2.24) is 5.32 Å². The molecule has 1 N–H and O–H groups in total. The number of ether oxygens (including phenoxy) is 2. The largest absolute Gasteiger partial charge is 0.492 e. The fraction of sp³-hybridized carbons (Fsp3) is 0.538. The summed E-state index contributed by atoms with van der Waals surface area (Å²) in [5.74, 6) is -0.105. The number of halogens is 3. The van der Waals surface area contributed by atoms with Gasteiger partial charge in [-0.05, 0) is 31.5 Å². The quantitative estimate of drug-likeness (QED) is 0.920. The summed E-state index contributed by atoms with van der Waals surface area (Å²) in [4.78, 5) is 0. The number of alkyl halides is 3. The van der Waals surface area contributed by atoms with Crippen LogP contribution < -0.4 is 14.8 Å². The Kier molecular flexibility index (Phi) is 4.19. The summed E-state index contributed by atoms with van der Waals surface area (Å²) in [6.45, 7) is 1.55. The van der Waals surface area contributed by atoms with Crippen molar-refractivity contribution < 1.29 is 22.6 Å². The van der Waals surface area contributed by atoms with Gasteiger partial charge in [-0.3, -0.25) is 0 Å². The molecule has 106 valence electrons. The van der Waals surface area contributed by atoms with E-state index in [1.54, 1.807) is 0 Å². The van der Waals surface area contributed by atoms with Crippen LogP contribution in [0.4, 0.5) is 13.2 Å². The first-order chi connectivity index (χ1) is 9.02. The fourth-order valence-corrected chi connectivity index (χ4v) is 2.14. The first-order valence-electron chi connectivity index (χ1n) is 6.14. The number of hydrogen-bond acceptors (Lipinski definition) is 3. The molecule has 0 aromatic heterocycles. The Hall–Kier alpha value is -1.43. The maximum atomic E-state index is 12.8. The maximum absolute atomic E-state index is 12.8. The molecule has 2 rings (SSSR count). The molecule has 6 heteroatoms. The van der Waals surface area contributed by atoms with E-state index in [4.69, 9.17) is 9.47 Å². The first kappa shape index (κ1) is 14.0. The van der Waals surface area contributed by atoms with E-state index in [1.807, 2.05) is 0 Å². The lowest BCUT2D eigenvalue weighted by Crippen LogP contribution is -2.37. The predicted molar refractivity (Wildman–Crippen MR) is 64.5 cm³/mol. The third-order valence-corrected chi connectivity index (χ3v) is 3.03. The number of hydrogen-bond donors (Lipinski definition) is 1. The molecular formula is C13H16F3NO2. The van der Waals surface area contributed by atoms with Gasteiger partial charge in [-0.1, -0.05) is 6.07 Å². The second-order valence-corrected chi connectivity index (χ2v) is 4.42. The summed E-state index contributed by atoms with van der Waals surface area (Å²) < 4.78 is 49.0. The average molecular weight is 275 g/mol. The van der Waals surface area contributed by atoms with E-state index in [0.717, 1.165) is 25.5 Å². The summed E-state index contributed by atoms with van der Waals surface area (Å²) in [7, 11) is 1.22. The van der Waals surface area contributed by atoms with E-state index < -0.39 is 11.7 Å². The molecule has 0 radical (unpaired) electrons. The molecule has 0 saturated carbocycles. The highest BCUT2D eigenvalue weighted by Gasteiger charge is 2.36. The standard InChI is InChI=1S/C13H16F3NO2/c1-18-12-10(13(14,15)16)5-2-6-11(12)19-9-4-3-7-17-8-9/h2,5-6,9,17H,3-4,7-8H2,1H3. The lowest BCUT2D eigenvalue weighted by molar-refractivity contribution is -0.139. The Bertz CT molecular complexity index is 428. The van der Waals surface area contributed by atoms with E-state index in [9.17, 15) is 13.2 Å². The number of methoxy groups -OCH3 is 1. The van der Waals surface area contributed by atoms with Gasteiger partial charge >= 0.3 is 6.18 Å². The van der Waals surface area contributed by atoms with Crippen molar-refractivity contribution >= 4 is 0 Å². The zero-order valence-corrected chi connectivity index (χ0v) is 10.6. The zero-order valence-electron chi connectivity index (χ0n) is 10.6. The number of rotatable bonds is 3. The van der Waals surface area contributed by atoms with Gasteiger partial charge in [-0.2, -0.15) is 13.2 Å². The van der Waals surface area contributed by atoms with E-state index in [1.165, 1.54) is 19.2 Å². The highest BCUT2D eigenvalue weighted by atomic mass is 19.4. The van der Waals surface area contributed by atoms with Crippen LogP contribution in [0.25, 0.3) is 0 Å². The Labute approximate surface area is 109 Å². The maximum Gasteiger partial charge on any atom is 0.420 e. The normalized spacial score (nSPS) is 20.1. The Morgan fingerprint density at radius 2 is 2.11 bits per heavy atom. The van der Waals surface area contributed by atoms with Crippen LogP contribution in [-0.4, -0.2) is 26.3 Å². The average Bonchev–Trinajstić information content (AvgIpc) is 2.38. The molecule has 1 aromatic carbocycles. The monoisotopic (exact) mass is 275 g/mol. The SMILES string of the molecule is COc1c(OC2CCCNC2)cccc1C(F)(F)F. The molecule has 1 aliphatic heterocycles. The van der Waals surface area contributed by atoms with E-state index >= 15 is 0 Å². The van der Waals surface area contributed by atoms with Crippen LogP contribution in [-0.2, 0) is 6.18 Å². The minimum Gasteiger partial charge on any atom is -0.492 e. The van der Waals surface area contributed by atoms with Crippen LogP contribution in [0.2, 0.25) is 0 Å². The highest BCUT2D eigenvalue weighted by Crippen LogP contribution is 2.41. The van der Waals surface area contributed by atoms with Crippen molar-refractivity contribution in [3.05, 3.63) is 23.8 Å². The van der Waals surface area contributed by atoms with Gasteiger partial charge in [-0.15, -0.1) is 0 Å². The van der Waals surface area contributed by atoms with Crippen molar-refractivity contribution in [2.24, 2.45) is 0 Å². The van der Waals surface area contributed by atoms with Gasteiger partial charge in [0, 0.05) is 6.54 Å². The summed E-state index contributed by atoms with van der Waals surface area (Å²) in [6.07, 6.45) is -2.79. The van der Waals surface area contributed by atoms with Gasteiger partial charge in [0.05, 0.1) is 7.11 Å². The molecule has 1 fully saturated rings. The molecule has 0 spiro atoms. The van der Waals surface area contributed by atoms with E-state index in [2.05, 4.69) is 5.32 Å². The molecule has 1 saturated heterocycles. The van der Waals surface area contributed by atoms with Crippen LogP contribution >= 0.6 is 0 Å². The Balaban J connectivity index is 2.24. The first-order valence-corrected chi connectivity index (χ1v) is 6.14. The molecule has 1 aromatic rings. The van der Waals surface area contributed by atoms with E-state index in [0.29, 0.717) is 6.54 Å². The van der Waals surface area contributed by atoms with Gasteiger partial charge in [0.2, 0.25) is 0 Å². The molecule has 0 bridgehead atoms. The number of para-hydroxylation sites is 1. The molecule has 0 aliphatic carbocycles. The smallest absolute Gasteiger partial charge is 0.420 e. The summed E-state index contributed by atoms with van der Waals surface area (Å²) in [5, 5.41) is 3.15. The summed E-state index contributed by atoms with van der Waals surface area (Å²) >= 11 is 0. The van der Waals surface area contributed by atoms with Crippen LogP contribution in [0.1, 0.15) is 18.4 Å². The van der Waals surface area contributed by atoms with Gasteiger partial charge in [0.25, 0.3) is 0 Å². The lowest BCUT2D eigenvalue weighted by Gasteiger charge is -2.25. The number of nitrogens with one attached hydrogen (secondary N) is 1. The highest BCUT2D eigenvalue weighted by molar-refractivity contribution is 5.48. The van der Waals surface area contributed by atoms with Crippen molar-refractivity contribution in [2.75, 3.05) is 20.2 Å². The molecule has 19 heavy (non-hydrogen) atoms. The fourth-order valence-electron chi connectivity index (χ4n) is 2.14.